The van der Waals surface area contributed by atoms with E-state index in [0.717, 1.165) is 24.3 Å². The molecule has 0 saturated carbocycles. The molecule has 2 N–H and O–H groups in total. The summed E-state index contributed by atoms with van der Waals surface area (Å²) in [5.74, 6) is 3.83. The molecule has 0 saturated heterocycles. The van der Waals surface area contributed by atoms with E-state index in [2.05, 4.69) is 11.8 Å². The van der Waals surface area contributed by atoms with Gasteiger partial charge in [-0.25, -0.2) is 13.2 Å². The first kappa shape index (κ1) is 14.9. The molecule has 0 aromatic heterocycles. The lowest BCUT2D eigenvalue weighted by Gasteiger charge is -2.09. The first-order valence-electron chi connectivity index (χ1n) is 6.15. The van der Waals surface area contributed by atoms with Gasteiger partial charge >= 0.3 is 0 Å². The molecule has 0 aliphatic carbocycles. The molecule has 5 heteroatoms. The summed E-state index contributed by atoms with van der Waals surface area (Å²) in [6.07, 6.45) is 0. The molecule has 2 aromatic rings. The van der Waals surface area contributed by atoms with Gasteiger partial charge in [0.1, 0.15) is 29.8 Å². The van der Waals surface area contributed by atoms with E-state index in [1.807, 2.05) is 0 Å². The maximum Gasteiger partial charge on any atom is 0.138 e. The summed E-state index contributed by atoms with van der Waals surface area (Å²) in [6.45, 7) is -0.0836. The van der Waals surface area contributed by atoms with Gasteiger partial charge in [0.2, 0.25) is 0 Å². The van der Waals surface area contributed by atoms with Crippen LogP contribution in [0.3, 0.4) is 0 Å². The van der Waals surface area contributed by atoms with Gasteiger partial charge in [-0.15, -0.1) is 0 Å². The molecular formula is C16H12F3NO. The van der Waals surface area contributed by atoms with Crippen LogP contribution in [0.15, 0.2) is 36.4 Å². The van der Waals surface area contributed by atoms with E-state index in [1.165, 1.54) is 12.1 Å². The van der Waals surface area contributed by atoms with Gasteiger partial charge < -0.3 is 10.5 Å². The van der Waals surface area contributed by atoms with E-state index in [0.29, 0.717) is 5.56 Å². The molecule has 0 heterocycles. The quantitative estimate of drug-likeness (QED) is 0.882. The van der Waals surface area contributed by atoms with Crippen LogP contribution < -0.4 is 10.5 Å². The molecule has 0 fully saturated rings. The number of rotatable bonds is 3. The van der Waals surface area contributed by atoms with E-state index in [-0.39, 0.29) is 24.5 Å². The molecule has 0 unspecified atom stereocenters. The van der Waals surface area contributed by atoms with Crippen LogP contribution in [-0.4, -0.2) is 6.54 Å². The lowest BCUT2D eigenvalue weighted by atomic mass is 10.2. The van der Waals surface area contributed by atoms with Crippen molar-refractivity contribution < 1.29 is 17.9 Å². The van der Waals surface area contributed by atoms with Crippen molar-refractivity contribution in [1.82, 2.24) is 0 Å². The van der Waals surface area contributed by atoms with Gasteiger partial charge in [-0.1, -0.05) is 11.8 Å². The lowest BCUT2D eigenvalue weighted by Crippen LogP contribution is -2.01. The highest BCUT2D eigenvalue weighted by Crippen LogP contribution is 2.21. The SMILES string of the molecule is NCC#Cc1ccc(F)cc1OCc1cc(F)ccc1F. The standard InChI is InChI=1S/C16H12F3NO/c17-13-5-6-15(19)12(8-13)10-21-16-9-14(18)4-3-11(16)2-1-7-20/h3-6,8-9H,7,10,20H2. The van der Waals surface area contributed by atoms with Crippen LogP contribution >= 0.6 is 0 Å². The monoisotopic (exact) mass is 291 g/mol. The van der Waals surface area contributed by atoms with Crippen molar-refractivity contribution in [3.05, 3.63) is 65.0 Å². The number of hydrogen-bond acceptors (Lipinski definition) is 2. The van der Waals surface area contributed by atoms with Crippen LogP contribution in [0.25, 0.3) is 0 Å². The van der Waals surface area contributed by atoms with Crippen molar-refractivity contribution in [2.45, 2.75) is 6.61 Å². The summed E-state index contributed by atoms with van der Waals surface area (Å²) in [4.78, 5) is 0. The fraction of sp³-hybridized carbons (Fsp3) is 0.125. The smallest absolute Gasteiger partial charge is 0.138 e. The highest BCUT2D eigenvalue weighted by atomic mass is 19.1. The van der Waals surface area contributed by atoms with E-state index in [1.54, 1.807) is 0 Å². The Bertz CT molecular complexity index is 704. The third kappa shape index (κ3) is 4.01. The maximum absolute atomic E-state index is 13.5. The predicted octanol–water partition coefficient (Wildman–Crippen LogP) is 2.99. The fourth-order valence-corrected chi connectivity index (χ4v) is 1.67. The Balaban J connectivity index is 2.23. The van der Waals surface area contributed by atoms with E-state index in [9.17, 15) is 13.2 Å². The molecule has 0 bridgehead atoms. The predicted molar refractivity (Wildman–Crippen MR) is 73.0 cm³/mol. The second-order valence-electron chi connectivity index (χ2n) is 4.17. The lowest BCUT2D eigenvalue weighted by molar-refractivity contribution is 0.296. The largest absolute Gasteiger partial charge is 0.487 e. The molecular weight excluding hydrogens is 279 g/mol. The summed E-state index contributed by atoms with van der Waals surface area (Å²) in [6, 6.07) is 6.86. The molecule has 21 heavy (non-hydrogen) atoms. The average molecular weight is 291 g/mol. The molecule has 2 nitrogen and oxygen atoms in total. The third-order valence-electron chi connectivity index (χ3n) is 2.66. The summed E-state index contributed by atoms with van der Waals surface area (Å²) in [7, 11) is 0. The summed E-state index contributed by atoms with van der Waals surface area (Å²) in [5.41, 5.74) is 5.75. The average Bonchev–Trinajstić information content (AvgIpc) is 2.47. The molecule has 0 atom stereocenters. The Kier molecular flexibility index (Phi) is 4.85. The minimum Gasteiger partial charge on any atom is -0.487 e. The first-order valence-corrected chi connectivity index (χ1v) is 6.15. The van der Waals surface area contributed by atoms with Crippen LogP contribution in [0.2, 0.25) is 0 Å². The van der Waals surface area contributed by atoms with Crippen molar-refractivity contribution in [2.24, 2.45) is 5.73 Å². The van der Waals surface area contributed by atoms with Gasteiger partial charge in [0.15, 0.2) is 0 Å². The molecule has 0 aliphatic heterocycles. The van der Waals surface area contributed by atoms with E-state index >= 15 is 0 Å². The number of nitrogens with two attached hydrogens (primary N) is 1. The molecule has 0 aliphatic rings. The van der Waals surface area contributed by atoms with Crippen LogP contribution in [0, 0.1) is 29.3 Å². The number of ether oxygens (including phenoxy) is 1. The fourth-order valence-electron chi connectivity index (χ4n) is 1.67. The summed E-state index contributed by atoms with van der Waals surface area (Å²) < 4.78 is 45.2. The van der Waals surface area contributed by atoms with Crippen molar-refractivity contribution in [3.8, 4) is 17.6 Å². The second kappa shape index (κ2) is 6.82. The van der Waals surface area contributed by atoms with E-state index < -0.39 is 17.5 Å². The maximum atomic E-state index is 13.5. The molecule has 108 valence electrons. The summed E-state index contributed by atoms with van der Waals surface area (Å²) >= 11 is 0. The molecule has 2 rings (SSSR count). The zero-order valence-corrected chi connectivity index (χ0v) is 11.0. The van der Waals surface area contributed by atoms with Crippen molar-refractivity contribution >= 4 is 0 Å². The third-order valence-corrected chi connectivity index (χ3v) is 2.66. The Morgan fingerprint density at radius 3 is 2.48 bits per heavy atom. The zero-order valence-electron chi connectivity index (χ0n) is 11.0. The Morgan fingerprint density at radius 1 is 1.00 bits per heavy atom. The van der Waals surface area contributed by atoms with Gasteiger partial charge in [-0.05, 0) is 30.3 Å². The van der Waals surface area contributed by atoms with Gasteiger partial charge in [0.25, 0.3) is 0 Å². The second-order valence-corrected chi connectivity index (χ2v) is 4.17. The highest BCUT2D eigenvalue weighted by Gasteiger charge is 2.08. The Morgan fingerprint density at radius 2 is 1.71 bits per heavy atom. The molecule has 0 amide bonds. The van der Waals surface area contributed by atoms with Gasteiger partial charge in [0, 0.05) is 11.6 Å². The normalized spacial score (nSPS) is 9.90. The number of halogens is 3. The van der Waals surface area contributed by atoms with Crippen LogP contribution in [-0.2, 0) is 6.61 Å². The zero-order chi connectivity index (χ0) is 15.2. The minimum absolute atomic E-state index is 0.0389. The van der Waals surface area contributed by atoms with Crippen LogP contribution in [0.1, 0.15) is 11.1 Å². The molecule has 2 aromatic carbocycles. The van der Waals surface area contributed by atoms with Crippen molar-refractivity contribution in [2.75, 3.05) is 6.54 Å². The van der Waals surface area contributed by atoms with E-state index in [4.69, 9.17) is 10.5 Å². The van der Waals surface area contributed by atoms with Crippen molar-refractivity contribution in [3.63, 3.8) is 0 Å². The van der Waals surface area contributed by atoms with Crippen LogP contribution in [0.5, 0.6) is 5.75 Å². The van der Waals surface area contributed by atoms with Gasteiger partial charge in [-0.3, -0.25) is 0 Å². The number of hydrogen-bond donors (Lipinski definition) is 1. The number of benzene rings is 2. The highest BCUT2D eigenvalue weighted by molar-refractivity contribution is 5.46. The topological polar surface area (TPSA) is 35.2 Å². The summed E-state index contributed by atoms with van der Waals surface area (Å²) in [5, 5.41) is 0. The first-order chi connectivity index (χ1) is 10.1. The molecule has 0 radical (unpaired) electrons. The Hall–Kier alpha value is -2.45. The van der Waals surface area contributed by atoms with Gasteiger partial charge in [-0.2, -0.15) is 0 Å². The molecule has 0 spiro atoms. The van der Waals surface area contributed by atoms with Crippen molar-refractivity contribution in [1.29, 1.82) is 0 Å². The van der Waals surface area contributed by atoms with Gasteiger partial charge in [0.05, 0.1) is 12.1 Å². The van der Waals surface area contributed by atoms with Crippen LogP contribution in [0.4, 0.5) is 13.2 Å². The Labute approximate surface area is 120 Å². The minimum atomic E-state index is -0.595.